The van der Waals surface area contributed by atoms with E-state index in [2.05, 4.69) is 15.2 Å². The highest BCUT2D eigenvalue weighted by Gasteiger charge is 2.14. The van der Waals surface area contributed by atoms with Crippen molar-refractivity contribution < 1.29 is 12.4 Å². The average molecular weight is 181 g/mol. The van der Waals surface area contributed by atoms with Crippen molar-refractivity contribution in [3.63, 3.8) is 0 Å². The lowest BCUT2D eigenvalue weighted by molar-refractivity contribution is -0.00000249. The number of nitrogens with zero attached hydrogens (tertiary/aromatic N) is 3. The number of aromatic amines is 1. The minimum absolute atomic E-state index is 0. The van der Waals surface area contributed by atoms with E-state index in [0.29, 0.717) is 5.82 Å². The van der Waals surface area contributed by atoms with E-state index in [1.165, 1.54) is 0 Å². The van der Waals surface area contributed by atoms with Gasteiger partial charge in [0.25, 0.3) is 0 Å². The predicted octanol–water partition coefficient (Wildman–Crippen LogP) is -0.949. The Morgan fingerprint density at radius 3 is 2.83 bits per heavy atom. The van der Waals surface area contributed by atoms with Gasteiger partial charge < -0.3 is 12.4 Å². The number of aromatic nitrogens is 2. The summed E-state index contributed by atoms with van der Waals surface area (Å²) in [4.78, 5) is 3.02. The molecule has 0 aliphatic rings. The maximum absolute atomic E-state index is 8.47. The highest BCUT2D eigenvalue weighted by atomic mass is 35.5. The summed E-state index contributed by atoms with van der Waals surface area (Å²) in [7, 11) is 0. The van der Waals surface area contributed by atoms with Crippen molar-refractivity contribution in [1.29, 1.82) is 5.39 Å². The molecule has 0 radical (unpaired) electrons. The number of benzene rings is 1. The van der Waals surface area contributed by atoms with Gasteiger partial charge in [-0.3, -0.25) is 0 Å². The second-order valence-electron chi connectivity index (χ2n) is 2.19. The first-order valence-electron chi connectivity index (χ1n) is 3.20. The van der Waals surface area contributed by atoms with Gasteiger partial charge >= 0.3 is 5.82 Å². The molecular formula is C7H5ClN4. The van der Waals surface area contributed by atoms with Crippen LogP contribution in [-0.2, 0) is 0 Å². The van der Waals surface area contributed by atoms with E-state index in [1.807, 2.05) is 24.3 Å². The van der Waals surface area contributed by atoms with Crippen LogP contribution in [0.5, 0.6) is 0 Å². The fourth-order valence-electron chi connectivity index (χ4n) is 1.03. The summed E-state index contributed by atoms with van der Waals surface area (Å²) >= 11 is 0. The van der Waals surface area contributed by atoms with Crippen LogP contribution in [0.1, 0.15) is 0 Å². The SMILES string of the molecule is N#[N+]c1n[nH]c2ccccc12.[Cl-]. The second-order valence-corrected chi connectivity index (χ2v) is 2.19. The first-order valence-corrected chi connectivity index (χ1v) is 3.20. The Kier molecular flexibility index (Phi) is 2.26. The summed E-state index contributed by atoms with van der Waals surface area (Å²) in [5, 5.41) is 15.8. The van der Waals surface area contributed by atoms with Crippen molar-refractivity contribution in [1.82, 2.24) is 10.2 Å². The third-order valence-electron chi connectivity index (χ3n) is 1.54. The summed E-state index contributed by atoms with van der Waals surface area (Å²) in [5.74, 6) is 0.334. The summed E-state index contributed by atoms with van der Waals surface area (Å²) < 4.78 is 0. The molecule has 1 aromatic carbocycles. The van der Waals surface area contributed by atoms with Crippen LogP contribution in [0.2, 0.25) is 0 Å². The standard InChI is InChI=1S/C7H5N4.ClH/c8-9-7-5-3-1-2-4-6(5)10-11-7;/h1-4H,(H,10,11);1H/q+1;/p-1. The molecule has 0 fully saturated rings. The summed E-state index contributed by atoms with van der Waals surface area (Å²) in [6, 6.07) is 7.47. The van der Waals surface area contributed by atoms with Crippen LogP contribution in [0.15, 0.2) is 24.3 Å². The Morgan fingerprint density at radius 1 is 1.33 bits per heavy atom. The summed E-state index contributed by atoms with van der Waals surface area (Å²) in [6.45, 7) is 0. The molecule has 0 unspecified atom stereocenters. The average Bonchev–Trinajstić information content (AvgIpc) is 2.47. The van der Waals surface area contributed by atoms with Crippen LogP contribution in [-0.4, -0.2) is 10.2 Å². The van der Waals surface area contributed by atoms with E-state index >= 15 is 0 Å². The number of hydrogen-bond acceptors (Lipinski definition) is 2. The zero-order valence-corrected chi connectivity index (χ0v) is 6.78. The minimum Gasteiger partial charge on any atom is -1.00 e. The molecule has 4 nitrogen and oxygen atoms in total. The smallest absolute Gasteiger partial charge is 0.495 e. The van der Waals surface area contributed by atoms with Crippen LogP contribution in [0.25, 0.3) is 15.9 Å². The van der Waals surface area contributed by atoms with Crippen molar-refractivity contribution in [2.45, 2.75) is 0 Å². The van der Waals surface area contributed by atoms with Crippen LogP contribution in [0.4, 0.5) is 5.82 Å². The Morgan fingerprint density at radius 2 is 2.08 bits per heavy atom. The number of hydrogen-bond donors (Lipinski definition) is 1. The van der Waals surface area contributed by atoms with Crippen LogP contribution in [0.3, 0.4) is 0 Å². The van der Waals surface area contributed by atoms with E-state index in [1.54, 1.807) is 0 Å². The lowest BCUT2D eigenvalue weighted by Crippen LogP contribution is -3.00. The van der Waals surface area contributed by atoms with Crippen molar-refractivity contribution in [2.24, 2.45) is 0 Å². The number of diazo groups is 1. The molecule has 5 heteroatoms. The van der Waals surface area contributed by atoms with Gasteiger partial charge in [0.2, 0.25) is 0 Å². The molecule has 1 aromatic heterocycles. The quantitative estimate of drug-likeness (QED) is 0.532. The zero-order valence-electron chi connectivity index (χ0n) is 6.03. The largest absolute Gasteiger partial charge is 1.00 e. The number of halogens is 1. The molecule has 2 rings (SSSR count). The number of H-pyrrole nitrogens is 1. The third-order valence-corrected chi connectivity index (χ3v) is 1.54. The van der Waals surface area contributed by atoms with E-state index in [-0.39, 0.29) is 12.4 Å². The van der Waals surface area contributed by atoms with Crippen molar-refractivity contribution in [2.75, 3.05) is 0 Å². The van der Waals surface area contributed by atoms with Gasteiger partial charge in [0, 0.05) is 4.98 Å². The van der Waals surface area contributed by atoms with E-state index in [9.17, 15) is 0 Å². The summed E-state index contributed by atoms with van der Waals surface area (Å²) in [6.07, 6.45) is 0. The Hall–Kier alpha value is -1.60. The van der Waals surface area contributed by atoms with Crippen molar-refractivity contribution in [3.8, 4) is 0 Å². The lowest BCUT2D eigenvalue weighted by Gasteiger charge is -1.78. The molecule has 60 valence electrons. The van der Waals surface area contributed by atoms with Gasteiger partial charge in [0.15, 0.2) is 0 Å². The Bertz CT molecular complexity index is 428. The fourth-order valence-corrected chi connectivity index (χ4v) is 1.03. The molecule has 2 aromatic rings. The molecule has 1 heterocycles. The molecule has 12 heavy (non-hydrogen) atoms. The molecule has 1 N–H and O–H groups in total. The molecular weight excluding hydrogens is 176 g/mol. The fraction of sp³-hybridized carbons (Fsp3) is 0. The maximum atomic E-state index is 8.47. The molecule has 0 amide bonds. The predicted molar refractivity (Wildman–Crippen MR) is 40.8 cm³/mol. The lowest BCUT2D eigenvalue weighted by atomic mass is 10.2. The molecule has 0 bridgehead atoms. The number of fused-ring (bicyclic) bond motifs is 1. The Labute approximate surface area is 74.6 Å². The normalized spacial score (nSPS) is 8.92. The molecule has 0 saturated carbocycles. The highest BCUT2D eigenvalue weighted by molar-refractivity contribution is 5.89. The molecule has 0 atom stereocenters. The first-order chi connectivity index (χ1) is 5.42. The third kappa shape index (κ3) is 1.11. The monoisotopic (exact) mass is 180 g/mol. The van der Waals surface area contributed by atoms with Gasteiger partial charge in [0.05, 0.1) is 16.0 Å². The second kappa shape index (κ2) is 3.20. The van der Waals surface area contributed by atoms with Gasteiger partial charge in [-0.15, -0.1) is 0 Å². The zero-order chi connectivity index (χ0) is 7.68. The first kappa shape index (κ1) is 8.50. The number of nitrogens with one attached hydrogen (secondary N) is 1. The van der Waals surface area contributed by atoms with Crippen LogP contribution >= 0.6 is 0 Å². The topological polar surface area (TPSA) is 56.8 Å². The van der Waals surface area contributed by atoms with Crippen molar-refractivity contribution in [3.05, 3.63) is 29.2 Å². The van der Waals surface area contributed by atoms with E-state index in [4.69, 9.17) is 5.39 Å². The van der Waals surface area contributed by atoms with Gasteiger partial charge in [0.1, 0.15) is 5.39 Å². The minimum atomic E-state index is 0. The number of para-hydroxylation sites is 1. The van der Waals surface area contributed by atoms with E-state index < -0.39 is 0 Å². The van der Waals surface area contributed by atoms with E-state index in [0.717, 1.165) is 10.9 Å². The van der Waals surface area contributed by atoms with Gasteiger partial charge in [-0.1, -0.05) is 12.1 Å². The van der Waals surface area contributed by atoms with Gasteiger partial charge in [-0.05, 0) is 12.1 Å². The number of rotatable bonds is 0. The van der Waals surface area contributed by atoms with Gasteiger partial charge in [-0.2, -0.15) is 5.10 Å². The van der Waals surface area contributed by atoms with Crippen LogP contribution in [0, 0.1) is 5.39 Å². The molecule has 0 aliphatic heterocycles. The molecule has 0 spiro atoms. The maximum Gasteiger partial charge on any atom is 0.495 e. The molecule has 0 aliphatic carbocycles. The Balaban J connectivity index is 0.000000720. The highest BCUT2D eigenvalue weighted by Crippen LogP contribution is 2.21. The molecule has 0 saturated heterocycles. The van der Waals surface area contributed by atoms with Crippen molar-refractivity contribution >= 4 is 16.7 Å². The summed E-state index contributed by atoms with van der Waals surface area (Å²) in [5.41, 5.74) is 0.875. The van der Waals surface area contributed by atoms with Gasteiger partial charge in [-0.25, -0.2) is 0 Å². The van der Waals surface area contributed by atoms with Crippen LogP contribution < -0.4 is 12.4 Å².